The summed E-state index contributed by atoms with van der Waals surface area (Å²) in [6, 6.07) is 6.97. The van der Waals surface area contributed by atoms with E-state index in [4.69, 9.17) is 4.74 Å². The molecule has 2 heterocycles. The molecule has 0 bridgehead atoms. The van der Waals surface area contributed by atoms with Crippen LogP contribution in [0.3, 0.4) is 0 Å². The van der Waals surface area contributed by atoms with Gasteiger partial charge in [0.05, 0.1) is 18.1 Å². The van der Waals surface area contributed by atoms with Crippen molar-refractivity contribution in [3.8, 4) is 22.2 Å². The smallest absolute Gasteiger partial charge is 0.152 e. The minimum atomic E-state index is 0.228. The fourth-order valence-electron chi connectivity index (χ4n) is 1.74. The summed E-state index contributed by atoms with van der Waals surface area (Å²) in [4.78, 5) is 8.60. The molecule has 0 atom stereocenters. The van der Waals surface area contributed by atoms with Gasteiger partial charge in [-0.25, -0.2) is 4.98 Å². The number of imidazole rings is 1. The van der Waals surface area contributed by atoms with Crippen LogP contribution in [0.2, 0.25) is 0 Å². The molecule has 0 unspecified atom stereocenters. The molecule has 2 aromatic heterocycles. The summed E-state index contributed by atoms with van der Waals surface area (Å²) >= 11 is 1.57. The lowest BCUT2D eigenvalue weighted by Gasteiger charge is -1.97. The third kappa shape index (κ3) is 1.64. The van der Waals surface area contributed by atoms with Crippen molar-refractivity contribution in [2.45, 2.75) is 0 Å². The lowest BCUT2D eigenvalue weighted by molar-refractivity contribution is 0.418. The maximum absolute atomic E-state index is 9.40. The molecule has 0 aliphatic carbocycles. The van der Waals surface area contributed by atoms with E-state index >= 15 is 0 Å². The molecule has 1 aromatic carbocycles. The van der Waals surface area contributed by atoms with Crippen LogP contribution in [0.4, 0.5) is 0 Å². The molecule has 17 heavy (non-hydrogen) atoms. The number of phenols is 1. The number of aromatic amines is 1. The Hall–Kier alpha value is -2.01. The summed E-state index contributed by atoms with van der Waals surface area (Å²) in [7, 11) is 1.64. The molecule has 4 nitrogen and oxygen atoms in total. The Morgan fingerprint density at radius 1 is 1.35 bits per heavy atom. The van der Waals surface area contributed by atoms with Crippen LogP contribution in [0.1, 0.15) is 0 Å². The third-order valence-corrected chi connectivity index (χ3v) is 3.43. The van der Waals surface area contributed by atoms with Gasteiger partial charge in [0.2, 0.25) is 0 Å². The first-order valence-corrected chi connectivity index (χ1v) is 5.96. The Labute approximate surface area is 102 Å². The SMILES string of the molecule is COc1ccsc1-c1nc2ccc(O)cc2[nH]1. The molecular formula is C12H10N2O2S. The average Bonchev–Trinajstić information content (AvgIpc) is 2.93. The van der Waals surface area contributed by atoms with Crippen LogP contribution in [0, 0.1) is 0 Å². The molecule has 0 aliphatic rings. The molecule has 0 spiro atoms. The zero-order chi connectivity index (χ0) is 11.8. The highest BCUT2D eigenvalue weighted by atomic mass is 32.1. The number of fused-ring (bicyclic) bond motifs is 1. The second-order valence-corrected chi connectivity index (χ2v) is 4.52. The van der Waals surface area contributed by atoms with Crippen LogP contribution < -0.4 is 4.74 Å². The first-order valence-electron chi connectivity index (χ1n) is 5.08. The predicted molar refractivity (Wildman–Crippen MR) is 67.6 cm³/mol. The van der Waals surface area contributed by atoms with E-state index in [1.54, 1.807) is 36.6 Å². The highest BCUT2D eigenvalue weighted by Crippen LogP contribution is 2.34. The van der Waals surface area contributed by atoms with Gasteiger partial charge in [-0.1, -0.05) is 0 Å². The van der Waals surface area contributed by atoms with Gasteiger partial charge < -0.3 is 14.8 Å². The van der Waals surface area contributed by atoms with Crippen LogP contribution in [0.25, 0.3) is 21.7 Å². The second-order valence-electron chi connectivity index (χ2n) is 3.60. The quantitative estimate of drug-likeness (QED) is 0.730. The molecule has 0 saturated carbocycles. The number of phenolic OH excluding ortho intramolecular Hbond substituents is 1. The van der Waals surface area contributed by atoms with Crippen molar-refractivity contribution in [2.24, 2.45) is 0 Å². The average molecular weight is 246 g/mol. The number of methoxy groups -OCH3 is 1. The highest BCUT2D eigenvalue weighted by Gasteiger charge is 2.12. The van der Waals surface area contributed by atoms with Crippen molar-refractivity contribution in [1.29, 1.82) is 0 Å². The number of nitrogens with zero attached hydrogens (tertiary/aromatic N) is 1. The van der Waals surface area contributed by atoms with Gasteiger partial charge >= 0.3 is 0 Å². The van der Waals surface area contributed by atoms with Crippen LogP contribution >= 0.6 is 11.3 Å². The van der Waals surface area contributed by atoms with Crippen LogP contribution in [0.5, 0.6) is 11.5 Å². The van der Waals surface area contributed by atoms with E-state index in [2.05, 4.69) is 9.97 Å². The standard InChI is InChI=1S/C12H10N2O2S/c1-16-10-4-5-17-11(10)12-13-8-3-2-7(15)6-9(8)14-12/h2-6,15H,1H3,(H,13,14). The number of hydrogen-bond acceptors (Lipinski definition) is 4. The zero-order valence-electron chi connectivity index (χ0n) is 9.10. The van der Waals surface area contributed by atoms with E-state index in [1.807, 2.05) is 11.4 Å². The number of hydrogen-bond donors (Lipinski definition) is 2. The molecule has 0 aliphatic heterocycles. The number of H-pyrrole nitrogens is 1. The molecule has 3 aromatic rings. The minimum absolute atomic E-state index is 0.228. The molecule has 2 N–H and O–H groups in total. The lowest BCUT2D eigenvalue weighted by atomic mass is 10.3. The summed E-state index contributed by atoms with van der Waals surface area (Å²) in [6.07, 6.45) is 0. The Kier molecular flexibility index (Phi) is 2.26. The normalized spacial score (nSPS) is 10.9. The van der Waals surface area contributed by atoms with E-state index in [-0.39, 0.29) is 5.75 Å². The maximum Gasteiger partial charge on any atom is 0.152 e. The first kappa shape index (κ1) is 10.2. The van der Waals surface area contributed by atoms with Gasteiger partial charge in [-0.2, -0.15) is 0 Å². The fraction of sp³-hybridized carbons (Fsp3) is 0.0833. The number of ether oxygens (including phenoxy) is 1. The molecule has 0 amide bonds. The maximum atomic E-state index is 9.40. The van der Waals surface area contributed by atoms with E-state index in [1.165, 1.54) is 0 Å². The number of rotatable bonds is 2. The summed E-state index contributed by atoms with van der Waals surface area (Å²) in [5, 5.41) is 11.4. The van der Waals surface area contributed by atoms with Gasteiger partial charge in [0.1, 0.15) is 16.4 Å². The van der Waals surface area contributed by atoms with Crippen LogP contribution in [0.15, 0.2) is 29.6 Å². The van der Waals surface area contributed by atoms with Crippen molar-refractivity contribution in [3.05, 3.63) is 29.6 Å². The molecule has 86 valence electrons. The van der Waals surface area contributed by atoms with Gasteiger partial charge in [-0.05, 0) is 23.6 Å². The van der Waals surface area contributed by atoms with Crippen LogP contribution in [-0.4, -0.2) is 22.2 Å². The van der Waals surface area contributed by atoms with E-state index in [9.17, 15) is 5.11 Å². The van der Waals surface area contributed by atoms with E-state index in [0.29, 0.717) is 0 Å². The monoisotopic (exact) mass is 246 g/mol. The van der Waals surface area contributed by atoms with Crippen molar-refractivity contribution in [3.63, 3.8) is 0 Å². The van der Waals surface area contributed by atoms with Crippen molar-refractivity contribution in [1.82, 2.24) is 9.97 Å². The topological polar surface area (TPSA) is 58.1 Å². The fourth-order valence-corrected chi connectivity index (χ4v) is 2.54. The molecule has 3 rings (SSSR count). The predicted octanol–water partition coefficient (Wildman–Crippen LogP) is 3.01. The number of aromatic nitrogens is 2. The summed E-state index contributed by atoms with van der Waals surface area (Å²) in [6.45, 7) is 0. The third-order valence-electron chi connectivity index (χ3n) is 2.53. The van der Waals surface area contributed by atoms with E-state index < -0.39 is 0 Å². The van der Waals surface area contributed by atoms with Gasteiger partial charge in [0.25, 0.3) is 0 Å². The summed E-state index contributed by atoms with van der Waals surface area (Å²) < 4.78 is 5.26. The summed E-state index contributed by atoms with van der Waals surface area (Å²) in [5.41, 5.74) is 1.64. The molecule has 0 saturated heterocycles. The minimum Gasteiger partial charge on any atom is -0.508 e. The van der Waals surface area contributed by atoms with Gasteiger partial charge in [-0.3, -0.25) is 0 Å². The molecule has 0 radical (unpaired) electrons. The highest BCUT2D eigenvalue weighted by molar-refractivity contribution is 7.13. The number of benzene rings is 1. The Bertz CT molecular complexity index is 672. The second kappa shape index (κ2) is 3.78. The largest absolute Gasteiger partial charge is 0.508 e. The number of aromatic hydroxyl groups is 1. The Morgan fingerprint density at radius 2 is 2.24 bits per heavy atom. The first-order chi connectivity index (χ1) is 8.28. The van der Waals surface area contributed by atoms with E-state index in [0.717, 1.165) is 27.5 Å². The Balaban J connectivity index is 2.18. The van der Waals surface area contributed by atoms with Crippen molar-refractivity contribution >= 4 is 22.4 Å². The zero-order valence-corrected chi connectivity index (χ0v) is 9.91. The van der Waals surface area contributed by atoms with Crippen LogP contribution in [-0.2, 0) is 0 Å². The van der Waals surface area contributed by atoms with Gasteiger partial charge in [-0.15, -0.1) is 11.3 Å². The van der Waals surface area contributed by atoms with Gasteiger partial charge in [0, 0.05) is 6.07 Å². The lowest BCUT2D eigenvalue weighted by Crippen LogP contribution is -1.83. The number of thiophene rings is 1. The molecular weight excluding hydrogens is 236 g/mol. The Morgan fingerprint density at radius 3 is 3.06 bits per heavy atom. The van der Waals surface area contributed by atoms with Crippen molar-refractivity contribution < 1.29 is 9.84 Å². The molecule has 5 heteroatoms. The summed E-state index contributed by atoms with van der Waals surface area (Å²) in [5.74, 6) is 1.79. The molecule has 0 fully saturated rings. The number of nitrogens with one attached hydrogen (secondary N) is 1. The van der Waals surface area contributed by atoms with Crippen molar-refractivity contribution in [2.75, 3.05) is 7.11 Å². The van der Waals surface area contributed by atoms with Gasteiger partial charge in [0.15, 0.2) is 5.82 Å².